The van der Waals surface area contributed by atoms with Gasteiger partial charge < -0.3 is 10.3 Å². The number of aromatic nitrogens is 2. The van der Waals surface area contributed by atoms with E-state index in [1.807, 2.05) is 0 Å². The van der Waals surface area contributed by atoms with Crippen LogP contribution in [0.15, 0.2) is 22.7 Å². The minimum atomic E-state index is -0.728. The summed E-state index contributed by atoms with van der Waals surface area (Å²) in [5, 5.41) is 3.86. The second kappa shape index (κ2) is 5.18. The molecule has 0 aliphatic heterocycles. The molecule has 1 aromatic heterocycles. The number of hydrogen-bond donors (Lipinski definition) is 1. The smallest absolute Gasteiger partial charge is 0.263 e. The summed E-state index contributed by atoms with van der Waals surface area (Å²) in [7, 11) is 0. The van der Waals surface area contributed by atoms with Gasteiger partial charge in [-0.2, -0.15) is 4.98 Å². The maximum atomic E-state index is 13.7. The van der Waals surface area contributed by atoms with Crippen molar-refractivity contribution in [2.45, 2.75) is 38.1 Å². The topological polar surface area (TPSA) is 64.9 Å². The van der Waals surface area contributed by atoms with Crippen molar-refractivity contribution in [2.24, 2.45) is 11.7 Å². The number of nitrogens with two attached hydrogens (primary N) is 1. The molecule has 1 fully saturated rings. The van der Waals surface area contributed by atoms with Crippen molar-refractivity contribution < 1.29 is 13.3 Å². The van der Waals surface area contributed by atoms with E-state index in [0.717, 1.165) is 37.8 Å². The van der Waals surface area contributed by atoms with E-state index in [4.69, 9.17) is 10.3 Å². The predicted molar refractivity (Wildman–Crippen MR) is 73.1 cm³/mol. The first kappa shape index (κ1) is 14.1. The lowest BCUT2D eigenvalue weighted by atomic mass is 9.76. The second-order valence-corrected chi connectivity index (χ2v) is 5.88. The first-order valence-electron chi connectivity index (χ1n) is 7.07. The van der Waals surface area contributed by atoms with Gasteiger partial charge in [0.25, 0.3) is 5.89 Å². The molecule has 2 unspecified atom stereocenters. The zero-order valence-electron chi connectivity index (χ0n) is 11.8. The largest absolute Gasteiger partial charge is 0.334 e. The van der Waals surface area contributed by atoms with Crippen LogP contribution in [0.5, 0.6) is 0 Å². The summed E-state index contributed by atoms with van der Waals surface area (Å²) >= 11 is 0. The van der Waals surface area contributed by atoms with E-state index < -0.39 is 17.2 Å². The predicted octanol–water partition coefficient (Wildman–Crippen LogP) is 3.38. The Hall–Kier alpha value is -1.82. The lowest BCUT2D eigenvalue weighted by Gasteiger charge is -2.33. The molecule has 2 atom stereocenters. The molecule has 0 bridgehead atoms. The van der Waals surface area contributed by atoms with Gasteiger partial charge in [-0.15, -0.1) is 0 Å². The highest BCUT2D eigenvalue weighted by molar-refractivity contribution is 5.54. The van der Waals surface area contributed by atoms with E-state index in [9.17, 15) is 8.78 Å². The first-order valence-corrected chi connectivity index (χ1v) is 7.07. The average molecular weight is 293 g/mol. The van der Waals surface area contributed by atoms with Crippen LogP contribution in [0, 0.1) is 17.6 Å². The van der Waals surface area contributed by atoms with Crippen LogP contribution in [0.25, 0.3) is 11.5 Å². The van der Waals surface area contributed by atoms with Gasteiger partial charge in [0.2, 0.25) is 0 Å². The maximum Gasteiger partial charge on any atom is 0.263 e. The van der Waals surface area contributed by atoms with Crippen LogP contribution >= 0.6 is 0 Å². The van der Waals surface area contributed by atoms with Gasteiger partial charge in [0.05, 0.1) is 5.54 Å². The molecule has 1 aliphatic rings. The zero-order chi connectivity index (χ0) is 15.0. The summed E-state index contributed by atoms with van der Waals surface area (Å²) in [5.41, 5.74) is 5.38. The number of benzene rings is 1. The molecule has 1 aromatic carbocycles. The minimum Gasteiger partial charge on any atom is -0.334 e. The highest BCUT2D eigenvalue weighted by Crippen LogP contribution is 2.37. The lowest BCUT2D eigenvalue weighted by Crippen LogP contribution is -2.42. The third kappa shape index (κ3) is 2.55. The van der Waals surface area contributed by atoms with Crippen LogP contribution < -0.4 is 5.73 Å². The molecular weight excluding hydrogens is 276 g/mol. The fourth-order valence-corrected chi connectivity index (χ4v) is 3.02. The van der Waals surface area contributed by atoms with E-state index in [2.05, 4.69) is 17.1 Å². The van der Waals surface area contributed by atoms with E-state index in [-0.39, 0.29) is 11.5 Å². The highest BCUT2D eigenvalue weighted by atomic mass is 19.1. The minimum absolute atomic E-state index is 0.163. The van der Waals surface area contributed by atoms with Gasteiger partial charge in [-0.05, 0) is 30.9 Å². The molecule has 1 heterocycles. The van der Waals surface area contributed by atoms with Crippen LogP contribution in [0.3, 0.4) is 0 Å². The Morgan fingerprint density at radius 2 is 2.05 bits per heavy atom. The standard InChI is InChI=1S/C15H17F2N3O/c1-9-4-3-7-15(18,8-9)14-19-13(21-20-14)12-10(16)5-2-6-11(12)17/h2,5-6,9H,3-4,7-8,18H2,1H3. The van der Waals surface area contributed by atoms with Crippen LogP contribution in [-0.2, 0) is 5.54 Å². The normalized spacial score (nSPS) is 26.0. The van der Waals surface area contributed by atoms with E-state index >= 15 is 0 Å². The first-order chi connectivity index (χ1) is 9.99. The molecule has 4 nitrogen and oxygen atoms in total. The van der Waals surface area contributed by atoms with E-state index in [1.54, 1.807) is 0 Å². The van der Waals surface area contributed by atoms with Crippen molar-refractivity contribution >= 4 is 0 Å². The Morgan fingerprint density at radius 1 is 1.33 bits per heavy atom. The molecule has 0 saturated heterocycles. The van der Waals surface area contributed by atoms with Crippen LogP contribution in [-0.4, -0.2) is 10.1 Å². The summed E-state index contributed by atoms with van der Waals surface area (Å²) < 4.78 is 32.5. The number of hydrogen-bond acceptors (Lipinski definition) is 4. The Balaban J connectivity index is 1.97. The van der Waals surface area contributed by atoms with Gasteiger partial charge in [-0.25, -0.2) is 8.78 Å². The van der Waals surface area contributed by atoms with Gasteiger partial charge in [0.15, 0.2) is 5.82 Å². The van der Waals surface area contributed by atoms with Crippen molar-refractivity contribution in [3.8, 4) is 11.5 Å². The second-order valence-electron chi connectivity index (χ2n) is 5.88. The van der Waals surface area contributed by atoms with E-state index in [0.29, 0.717) is 11.7 Å². The Kier molecular flexibility index (Phi) is 3.49. The lowest BCUT2D eigenvalue weighted by molar-refractivity contribution is 0.222. The SMILES string of the molecule is CC1CCCC(N)(c2noc(-c3c(F)cccc3F)n2)C1. The van der Waals surface area contributed by atoms with Gasteiger partial charge in [0.1, 0.15) is 17.2 Å². The molecule has 3 rings (SSSR count). The number of nitrogens with zero attached hydrogens (tertiary/aromatic N) is 2. The van der Waals surface area contributed by atoms with E-state index in [1.165, 1.54) is 6.07 Å². The molecule has 0 amide bonds. The molecule has 6 heteroatoms. The number of rotatable bonds is 2. The summed E-state index contributed by atoms with van der Waals surface area (Å²) in [5.74, 6) is -0.826. The average Bonchev–Trinajstić information content (AvgIpc) is 2.88. The van der Waals surface area contributed by atoms with Gasteiger partial charge >= 0.3 is 0 Å². The summed E-state index contributed by atoms with van der Waals surface area (Å²) in [4.78, 5) is 4.15. The zero-order valence-corrected chi connectivity index (χ0v) is 11.8. The summed E-state index contributed by atoms with van der Waals surface area (Å²) in [6, 6.07) is 3.60. The molecule has 21 heavy (non-hydrogen) atoms. The number of halogens is 2. The Morgan fingerprint density at radius 3 is 2.71 bits per heavy atom. The fraction of sp³-hybridized carbons (Fsp3) is 0.467. The van der Waals surface area contributed by atoms with Crippen molar-refractivity contribution in [1.29, 1.82) is 0 Å². The molecule has 2 N–H and O–H groups in total. The van der Waals surface area contributed by atoms with Crippen LogP contribution in [0.2, 0.25) is 0 Å². The molecule has 1 aliphatic carbocycles. The summed E-state index contributed by atoms with van der Waals surface area (Å²) in [6.07, 6.45) is 3.59. The fourth-order valence-electron chi connectivity index (χ4n) is 3.02. The molecule has 2 aromatic rings. The van der Waals surface area contributed by atoms with Crippen LogP contribution in [0.1, 0.15) is 38.4 Å². The third-order valence-electron chi connectivity index (χ3n) is 4.08. The van der Waals surface area contributed by atoms with Crippen molar-refractivity contribution in [3.63, 3.8) is 0 Å². The highest BCUT2D eigenvalue weighted by Gasteiger charge is 2.37. The van der Waals surface area contributed by atoms with Crippen LogP contribution in [0.4, 0.5) is 8.78 Å². The van der Waals surface area contributed by atoms with Gasteiger partial charge in [-0.3, -0.25) is 0 Å². The molecule has 0 spiro atoms. The van der Waals surface area contributed by atoms with Gasteiger partial charge in [0, 0.05) is 0 Å². The van der Waals surface area contributed by atoms with Crippen molar-refractivity contribution in [3.05, 3.63) is 35.7 Å². The van der Waals surface area contributed by atoms with Gasteiger partial charge in [-0.1, -0.05) is 31.0 Å². The summed E-state index contributed by atoms with van der Waals surface area (Å²) in [6.45, 7) is 2.12. The molecule has 1 saturated carbocycles. The molecule has 112 valence electrons. The molecular formula is C15H17F2N3O. The van der Waals surface area contributed by atoms with Crippen molar-refractivity contribution in [2.75, 3.05) is 0 Å². The maximum absolute atomic E-state index is 13.7. The Bertz CT molecular complexity index is 638. The third-order valence-corrected chi connectivity index (χ3v) is 4.08. The Labute approximate surface area is 121 Å². The van der Waals surface area contributed by atoms with Crippen molar-refractivity contribution in [1.82, 2.24) is 10.1 Å². The molecule has 0 radical (unpaired) electrons. The quantitative estimate of drug-likeness (QED) is 0.922. The monoisotopic (exact) mass is 293 g/mol.